The summed E-state index contributed by atoms with van der Waals surface area (Å²) < 4.78 is 45.3. The zero-order valence-corrected chi connectivity index (χ0v) is 33.8. The fourth-order valence-corrected chi connectivity index (χ4v) is 7.43. The minimum absolute atomic E-state index is 0.0341. The molecule has 4 aliphatic heterocycles. The molecule has 0 radical (unpaired) electrons. The van der Waals surface area contributed by atoms with E-state index in [0.29, 0.717) is 11.1 Å². The molecule has 0 bridgehead atoms. The predicted octanol–water partition coefficient (Wildman–Crippen LogP) is -3.07. The van der Waals surface area contributed by atoms with Crippen LogP contribution in [0.25, 0.3) is 12.2 Å². The summed E-state index contributed by atoms with van der Waals surface area (Å²) in [7, 11) is 0. The number of aliphatic hydroxyl groups excluding tert-OH is 10. The molecule has 0 saturated carbocycles. The fourth-order valence-electron chi connectivity index (χ4n) is 7.43. The SMILES string of the molecule is O=C(/C=C/c1ccc(O)c(O)c1)OC[C@H]1O[C@@H](OC2=Cc3c(O[C@@H]4O[C@H](CO)[C@@H](O)[C@H](O)[C@@H]4O)cc(O)cc3[OH+]C2c2ccc(O)cc2)[C@H](O[C@@H]2O[C@H](CO)[C@@H](O)[C@H](O)[C@H]2O)[C@@H](O)[C@@H]1O. The van der Waals surface area contributed by atoms with E-state index in [0.717, 1.165) is 12.1 Å². The first-order chi connectivity index (χ1) is 31.0. The quantitative estimate of drug-likeness (QED) is 0.0350. The van der Waals surface area contributed by atoms with Gasteiger partial charge in [0.25, 0.3) is 11.9 Å². The average Bonchev–Trinajstić information content (AvgIpc) is 3.29. The number of phenols is 4. The number of esters is 1. The second kappa shape index (κ2) is 20.0. The van der Waals surface area contributed by atoms with Gasteiger partial charge >= 0.3 is 5.97 Å². The van der Waals surface area contributed by atoms with Crippen molar-refractivity contribution < 1.29 is 114 Å². The van der Waals surface area contributed by atoms with Crippen LogP contribution >= 0.6 is 0 Å². The van der Waals surface area contributed by atoms with Gasteiger partial charge in [-0.2, -0.15) is 0 Å². The molecule has 4 aliphatic rings. The van der Waals surface area contributed by atoms with Crippen molar-refractivity contribution in [2.75, 3.05) is 19.8 Å². The van der Waals surface area contributed by atoms with Crippen molar-refractivity contribution in [1.29, 1.82) is 0 Å². The number of carbonyl (C=O) groups excluding carboxylic acids is 1. The van der Waals surface area contributed by atoms with Gasteiger partial charge in [-0.15, -0.1) is 0 Å². The average molecular weight is 922 g/mol. The van der Waals surface area contributed by atoms with Gasteiger partial charge in [-0.25, -0.2) is 4.79 Å². The van der Waals surface area contributed by atoms with Gasteiger partial charge in [-0.05, 0) is 48.0 Å². The van der Waals surface area contributed by atoms with Crippen LogP contribution < -0.4 is 4.74 Å². The Morgan fingerprint density at radius 2 is 1.25 bits per heavy atom. The van der Waals surface area contributed by atoms with E-state index >= 15 is 0 Å². The van der Waals surface area contributed by atoms with Crippen LogP contribution in [0.5, 0.6) is 34.5 Å². The highest BCUT2D eigenvalue weighted by molar-refractivity contribution is 5.87. The first kappa shape index (κ1) is 47.6. The van der Waals surface area contributed by atoms with Gasteiger partial charge < -0.3 is 109 Å². The summed E-state index contributed by atoms with van der Waals surface area (Å²) in [5, 5.41) is 146. The molecule has 354 valence electrons. The molecule has 7 rings (SSSR count). The van der Waals surface area contributed by atoms with Crippen LogP contribution in [0.3, 0.4) is 0 Å². The van der Waals surface area contributed by atoms with Crippen LogP contribution in [-0.4, -0.2) is 194 Å². The van der Waals surface area contributed by atoms with E-state index in [-0.39, 0.29) is 28.6 Å². The van der Waals surface area contributed by atoms with Crippen molar-refractivity contribution in [3.05, 3.63) is 83.1 Å². The van der Waals surface area contributed by atoms with Gasteiger partial charge in [0.15, 0.2) is 29.7 Å². The molecule has 1 unspecified atom stereocenters. The van der Waals surface area contributed by atoms with Crippen LogP contribution in [0.2, 0.25) is 0 Å². The number of ether oxygens (including phenoxy) is 8. The van der Waals surface area contributed by atoms with Crippen molar-refractivity contribution in [3.63, 3.8) is 0 Å². The molecule has 23 nitrogen and oxygen atoms in total. The molecule has 65 heavy (non-hydrogen) atoms. The molecule has 4 heterocycles. The van der Waals surface area contributed by atoms with E-state index in [9.17, 15) is 76.3 Å². The highest BCUT2D eigenvalue weighted by Crippen LogP contribution is 2.47. The summed E-state index contributed by atoms with van der Waals surface area (Å²) in [5.41, 5.74) is 0.685. The van der Waals surface area contributed by atoms with Crippen molar-refractivity contribution in [1.82, 2.24) is 0 Å². The lowest BCUT2D eigenvalue weighted by Gasteiger charge is -2.46. The first-order valence-electron chi connectivity index (χ1n) is 20.0. The largest absolute Gasteiger partial charge is 0.571 e. The van der Waals surface area contributed by atoms with Gasteiger partial charge in [-0.1, -0.05) is 6.07 Å². The molecule has 0 amide bonds. The van der Waals surface area contributed by atoms with Gasteiger partial charge in [0.2, 0.25) is 12.6 Å². The van der Waals surface area contributed by atoms with Gasteiger partial charge in [0, 0.05) is 18.2 Å². The number of aromatic hydroxyl groups is 5. The first-order valence-corrected chi connectivity index (χ1v) is 20.0. The van der Waals surface area contributed by atoms with Crippen LogP contribution in [0.15, 0.2) is 66.4 Å². The van der Waals surface area contributed by atoms with E-state index in [2.05, 4.69) is 0 Å². The smallest absolute Gasteiger partial charge is 0.330 e. The van der Waals surface area contributed by atoms with Gasteiger partial charge in [-0.3, -0.25) is 0 Å². The topological polar surface area (TPSA) is 378 Å². The lowest BCUT2D eigenvalue weighted by atomic mass is 9.97. The third-order valence-corrected chi connectivity index (χ3v) is 11.1. The Bertz CT molecular complexity index is 2180. The third-order valence-electron chi connectivity index (χ3n) is 11.1. The normalized spacial score (nSPS) is 34.8. The van der Waals surface area contributed by atoms with E-state index in [1.54, 1.807) is 0 Å². The van der Waals surface area contributed by atoms with Crippen molar-refractivity contribution >= 4 is 18.1 Å². The molecule has 0 spiro atoms. The summed E-state index contributed by atoms with van der Waals surface area (Å²) in [4.78, 5) is 12.8. The highest BCUT2D eigenvalue weighted by Gasteiger charge is 2.53. The van der Waals surface area contributed by atoms with Crippen LogP contribution in [-0.2, 0) is 33.2 Å². The number of rotatable bonds is 13. The molecular weight excluding hydrogens is 872 g/mol. The number of fused-ring (bicyclic) bond motifs is 1. The predicted molar refractivity (Wildman–Crippen MR) is 213 cm³/mol. The standard InChI is InChI=1S/C42H48O23/c43-13-26-30(50)33(53)36(56)40(62-26)60-24-11-19(46)10-23-20(24)12-25(38(59-23)17-3-5-18(45)6-4-17)61-42-39(65-41-37(57)34(54)31(51)27(14-44)63-41)35(55)32(52)28(64-42)15-58-29(49)8-2-16-1-7-21(47)22(48)9-16/h1-12,26-28,30-48,50-57H,13-15H2/p+1/b8-2+/t26-,27-,28-,30-,31-,32-,33+,34+,35+,36+,37-,38?,39-,40-,41+,42-/m1/s1. The Balaban J connectivity index is 1.23. The Morgan fingerprint density at radius 1 is 0.631 bits per heavy atom. The van der Waals surface area contributed by atoms with E-state index < -0.39 is 141 Å². The number of phenolic OH excluding ortho intramolecular Hbond substituents is 4. The zero-order valence-electron chi connectivity index (χ0n) is 33.8. The monoisotopic (exact) mass is 921 g/mol. The van der Waals surface area contributed by atoms with Crippen molar-refractivity contribution in [2.45, 2.75) is 98.2 Å². The van der Waals surface area contributed by atoms with Crippen LogP contribution in [0.1, 0.15) is 22.8 Å². The number of hydrogen-bond donors (Lipinski definition) is 14. The fraction of sp³-hybridized carbons (Fsp3) is 0.452. The summed E-state index contributed by atoms with van der Waals surface area (Å²) in [6.07, 6.45) is -24.6. The molecule has 0 aromatic heterocycles. The molecule has 15 N–H and O–H groups in total. The van der Waals surface area contributed by atoms with Crippen molar-refractivity contribution in [2.24, 2.45) is 0 Å². The van der Waals surface area contributed by atoms with Crippen LogP contribution in [0.4, 0.5) is 0 Å². The molecule has 23 heteroatoms. The van der Waals surface area contributed by atoms with E-state index in [4.69, 9.17) is 37.9 Å². The van der Waals surface area contributed by atoms with E-state index in [1.807, 2.05) is 0 Å². The summed E-state index contributed by atoms with van der Waals surface area (Å²) in [6.45, 7) is -2.36. The highest BCUT2D eigenvalue weighted by atomic mass is 16.8. The van der Waals surface area contributed by atoms with Gasteiger partial charge in [0.05, 0.1) is 24.8 Å². The number of carbonyl (C=O) groups is 1. The minimum Gasteiger partial charge on any atom is -0.571 e. The number of benzene rings is 3. The minimum atomic E-state index is -2.04. The number of aliphatic hydroxyl groups is 11. The van der Waals surface area contributed by atoms with E-state index in [1.165, 1.54) is 60.7 Å². The second-order valence-electron chi connectivity index (χ2n) is 15.5. The lowest BCUT2D eigenvalue weighted by molar-refractivity contribution is -0.364. The maximum absolute atomic E-state index is 12.8. The summed E-state index contributed by atoms with van der Waals surface area (Å²) >= 11 is 0. The van der Waals surface area contributed by atoms with Gasteiger partial charge in [0.1, 0.15) is 96.6 Å². The Morgan fingerprint density at radius 3 is 1.89 bits per heavy atom. The molecule has 3 aromatic rings. The molecule has 3 fully saturated rings. The zero-order chi connectivity index (χ0) is 46.9. The lowest BCUT2D eigenvalue weighted by Crippen LogP contribution is -2.64. The maximum Gasteiger partial charge on any atom is 0.330 e. The number of hydrogen-bond acceptors (Lipinski definition) is 22. The summed E-state index contributed by atoms with van der Waals surface area (Å²) in [6, 6.07) is 11.7. The Kier molecular flexibility index (Phi) is 14.7. The Labute approximate surface area is 367 Å². The molecule has 3 saturated heterocycles. The van der Waals surface area contributed by atoms with Crippen molar-refractivity contribution in [3.8, 4) is 34.5 Å². The summed E-state index contributed by atoms with van der Waals surface area (Å²) in [5.74, 6) is -2.71. The Hall–Kier alpha value is -5.35. The molecule has 3 aromatic carbocycles. The molecular formula is C42H49O23+. The second-order valence-corrected chi connectivity index (χ2v) is 15.5. The maximum atomic E-state index is 12.8. The third kappa shape index (κ3) is 10.2. The van der Waals surface area contributed by atoms with Crippen LogP contribution in [0, 0.1) is 0 Å². The molecule has 0 aliphatic carbocycles. The molecule has 16 atom stereocenters.